The summed E-state index contributed by atoms with van der Waals surface area (Å²) in [6.07, 6.45) is 0.407. The van der Waals surface area contributed by atoms with E-state index in [2.05, 4.69) is 67.6 Å². The highest BCUT2D eigenvalue weighted by Crippen LogP contribution is 2.42. The fourth-order valence-corrected chi connectivity index (χ4v) is 5.74. The van der Waals surface area contributed by atoms with Crippen LogP contribution in [-0.4, -0.2) is 0 Å². The van der Waals surface area contributed by atoms with Gasteiger partial charge in [0.1, 0.15) is 19.6 Å². The van der Waals surface area contributed by atoms with Crippen molar-refractivity contribution >= 4 is 21.9 Å². The van der Waals surface area contributed by atoms with Gasteiger partial charge in [0.25, 0.3) is 0 Å². The van der Waals surface area contributed by atoms with Gasteiger partial charge in [-0.15, -0.1) is 0 Å². The van der Waals surface area contributed by atoms with Crippen molar-refractivity contribution in [3.63, 3.8) is 0 Å². The van der Waals surface area contributed by atoms with Crippen molar-refractivity contribution in [2.24, 2.45) is 7.05 Å². The van der Waals surface area contributed by atoms with E-state index in [1.54, 1.807) is 0 Å². The van der Waals surface area contributed by atoms with Crippen LogP contribution in [0.2, 0.25) is 0 Å². The molecular formula is C38H27N2O+. The van der Waals surface area contributed by atoms with Gasteiger partial charge in [-0.1, -0.05) is 91.0 Å². The summed E-state index contributed by atoms with van der Waals surface area (Å²) >= 11 is 0. The van der Waals surface area contributed by atoms with E-state index in [0.717, 1.165) is 66.6 Å². The Balaban J connectivity index is 1.50. The average Bonchev–Trinajstić information content (AvgIpc) is 3.41. The number of pyridine rings is 1. The Kier molecular flexibility index (Phi) is 5.68. The smallest absolute Gasteiger partial charge is 0.216 e. The largest absolute Gasteiger partial charge is 0.454 e. The molecule has 0 aliphatic heterocycles. The number of nitriles is 1. The minimum atomic E-state index is 0.407. The summed E-state index contributed by atoms with van der Waals surface area (Å²) in [5.74, 6) is 0. The van der Waals surface area contributed by atoms with Crippen molar-refractivity contribution < 1.29 is 10.4 Å². The third kappa shape index (κ3) is 4.18. The van der Waals surface area contributed by atoms with Crippen LogP contribution in [0.4, 0.5) is 0 Å². The Labute approximate surface area is 240 Å². The van der Waals surface area contributed by atoms with Gasteiger partial charge in [0.05, 0.1) is 17.2 Å². The topological polar surface area (TPSA) is 40.8 Å². The number of fused-ring (bicyclic) bond motifs is 3. The summed E-state index contributed by atoms with van der Waals surface area (Å²) in [6.45, 7) is 2.08. The van der Waals surface area contributed by atoms with Gasteiger partial charge < -0.3 is 4.42 Å². The number of aromatic nitrogens is 1. The zero-order valence-corrected chi connectivity index (χ0v) is 22.8. The van der Waals surface area contributed by atoms with Crippen LogP contribution in [0.15, 0.2) is 132 Å². The maximum absolute atomic E-state index is 10.2. The minimum Gasteiger partial charge on any atom is -0.454 e. The fraction of sp³-hybridized carbons (Fsp3) is 0.0526. The first-order chi connectivity index (χ1) is 20.5. The van der Waals surface area contributed by atoms with Crippen molar-refractivity contribution in [2.45, 2.75) is 6.92 Å². The SMILES string of the molecule is [2H]c1cc(-c2ccccc2)cc(-c2c(C)ccc3c2oc2c(-c4cccc(-c5ccccc5)c4)c(C#N)ccc23)[n+]1C. The van der Waals surface area contributed by atoms with Gasteiger partial charge in [-0.3, -0.25) is 0 Å². The van der Waals surface area contributed by atoms with Crippen LogP contribution in [0, 0.1) is 18.3 Å². The molecule has 194 valence electrons. The van der Waals surface area contributed by atoms with Gasteiger partial charge in [-0.25, -0.2) is 4.57 Å². The molecule has 3 nitrogen and oxygen atoms in total. The van der Waals surface area contributed by atoms with Gasteiger partial charge >= 0.3 is 0 Å². The summed E-state index contributed by atoms with van der Waals surface area (Å²) in [4.78, 5) is 0. The highest BCUT2D eigenvalue weighted by atomic mass is 16.3. The number of rotatable bonds is 4. The lowest BCUT2D eigenvalue weighted by Gasteiger charge is -2.08. The van der Waals surface area contributed by atoms with Crippen LogP contribution in [0.3, 0.4) is 0 Å². The molecule has 5 aromatic carbocycles. The Bertz CT molecular complexity index is 2170. The number of furan rings is 1. The Morgan fingerprint density at radius 2 is 1.22 bits per heavy atom. The van der Waals surface area contributed by atoms with Crippen molar-refractivity contribution in [1.82, 2.24) is 0 Å². The second kappa shape index (κ2) is 9.93. The average molecular weight is 529 g/mol. The third-order valence-electron chi connectivity index (χ3n) is 7.83. The Morgan fingerprint density at radius 3 is 1.90 bits per heavy atom. The first kappa shape index (κ1) is 23.4. The van der Waals surface area contributed by atoms with Crippen molar-refractivity contribution in [3.8, 4) is 50.7 Å². The van der Waals surface area contributed by atoms with Crippen LogP contribution in [-0.2, 0) is 7.05 Å². The molecule has 0 atom stereocenters. The molecule has 0 aliphatic carbocycles. The summed E-state index contributed by atoms with van der Waals surface area (Å²) in [5, 5.41) is 12.1. The number of benzene rings is 5. The van der Waals surface area contributed by atoms with Gasteiger partial charge in [0, 0.05) is 28.5 Å². The summed E-state index contributed by atoms with van der Waals surface area (Å²) in [7, 11) is 1.92. The van der Waals surface area contributed by atoms with E-state index in [1.165, 1.54) is 0 Å². The lowest BCUT2D eigenvalue weighted by Crippen LogP contribution is -2.30. The lowest BCUT2D eigenvalue weighted by atomic mass is 9.94. The molecule has 0 unspecified atom stereocenters. The quantitative estimate of drug-likeness (QED) is 0.214. The van der Waals surface area contributed by atoms with E-state index in [4.69, 9.17) is 5.79 Å². The highest BCUT2D eigenvalue weighted by molar-refractivity contribution is 6.14. The van der Waals surface area contributed by atoms with Crippen LogP contribution >= 0.6 is 0 Å². The van der Waals surface area contributed by atoms with Crippen LogP contribution in [0.25, 0.3) is 66.6 Å². The number of hydrogen-bond acceptors (Lipinski definition) is 2. The van der Waals surface area contributed by atoms with Gasteiger partial charge in [0.2, 0.25) is 5.69 Å². The maximum atomic E-state index is 10.2. The van der Waals surface area contributed by atoms with E-state index in [-0.39, 0.29) is 0 Å². The van der Waals surface area contributed by atoms with E-state index < -0.39 is 0 Å². The summed E-state index contributed by atoms with van der Waals surface area (Å²) in [5.41, 5.74) is 10.8. The monoisotopic (exact) mass is 528 g/mol. The second-order valence-corrected chi connectivity index (χ2v) is 10.3. The molecule has 0 aliphatic rings. The minimum absolute atomic E-state index is 0.407. The van der Waals surface area contributed by atoms with Gasteiger partial charge in [-0.2, -0.15) is 5.26 Å². The number of aryl methyl sites for hydroxylation is 1. The van der Waals surface area contributed by atoms with Crippen LogP contribution < -0.4 is 4.57 Å². The fourth-order valence-electron chi connectivity index (χ4n) is 5.74. The first-order valence-electron chi connectivity index (χ1n) is 14.1. The molecule has 0 fully saturated rings. The van der Waals surface area contributed by atoms with Gasteiger partial charge in [0.15, 0.2) is 6.17 Å². The van der Waals surface area contributed by atoms with E-state index in [1.807, 2.05) is 78.3 Å². The molecule has 41 heavy (non-hydrogen) atoms. The van der Waals surface area contributed by atoms with Crippen LogP contribution in [0.5, 0.6) is 0 Å². The molecule has 0 saturated heterocycles. The molecule has 2 heterocycles. The lowest BCUT2D eigenvalue weighted by molar-refractivity contribution is -0.660. The Morgan fingerprint density at radius 1 is 0.634 bits per heavy atom. The van der Waals surface area contributed by atoms with Crippen molar-refractivity contribution in [2.75, 3.05) is 0 Å². The number of hydrogen-bond donors (Lipinski definition) is 0. The molecule has 7 aromatic rings. The predicted molar refractivity (Wildman–Crippen MR) is 166 cm³/mol. The molecule has 3 heteroatoms. The Hall–Kier alpha value is -5.46. The standard InChI is InChI=1S/C38H27N2O/c1-25-16-18-32-33-19-17-31(24-39)36(30-15-9-14-28(22-30)26-10-5-3-6-11-26)38(33)41-37(32)35(25)34-23-29(20-21-40(34)2)27-12-7-4-8-13-27/h3-23H,1-2H3/q+1/i21D. The summed E-state index contributed by atoms with van der Waals surface area (Å²) < 4.78 is 17.5. The molecule has 0 saturated carbocycles. The molecule has 0 spiro atoms. The van der Waals surface area contributed by atoms with Crippen LogP contribution in [0.1, 0.15) is 12.5 Å². The molecule has 2 aromatic heterocycles. The van der Waals surface area contributed by atoms with Crippen molar-refractivity contribution in [1.29, 1.82) is 5.26 Å². The molecular weight excluding hydrogens is 500 g/mol. The van der Waals surface area contributed by atoms with E-state index in [0.29, 0.717) is 17.3 Å². The second-order valence-electron chi connectivity index (χ2n) is 10.3. The zero-order chi connectivity index (χ0) is 28.8. The van der Waals surface area contributed by atoms with E-state index in [9.17, 15) is 5.26 Å². The number of nitrogens with zero attached hydrogens (tertiary/aromatic N) is 2. The third-order valence-corrected chi connectivity index (χ3v) is 7.83. The first-order valence-corrected chi connectivity index (χ1v) is 13.6. The maximum Gasteiger partial charge on any atom is 0.216 e. The molecule has 7 rings (SSSR count). The predicted octanol–water partition coefficient (Wildman–Crippen LogP) is 9.26. The van der Waals surface area contributed by atoms with Crippen molar-refractivity contribution in [3.05, 3.63) is 139 Å². The normalized spacial score (nSPS) is 11.5. The van der Waals surface area contributed by atoms with E-state index >= 15 is 0 Å². The summed E-state index contributed by atoms with van der Waals surface area (Å²) in [6, 6.07) is 43.2. The van der Waals surface area contributed by atoms with Gasteiger partial charge in [-0.05, 0) is 58.5 Å². The molecule has 0 bridgehead atoms. The zero-order valence-electron chi connectivity index (χ0n) is 23.8. The molecule has 0 radical (unpaired) electrons. The molecule has 0 amide bonds. The highest BCUT2D eigenvalue weighted by Gasteiger charge is 2.24. The molecule has 0 N–H and O–H groups in total.